The zero-order valence-electron chi connectivity index (χ0n) is 7.21. The predicted molar refractivity (Wildman–Crippen MR) is 48.1 cm³/mol. The molecule has 0 aromatic carbocycles. The fraction of sp³-hybridized carbons (Fsp3) is 0.111. The highest BCUT2D eigenvalue weighted by Gasteiger charge is 2.10. The standard InChI is InChI=1S/C9H8N2O3/c12-5-6-2-1-3-11-4-7(9(13)14)10-8(6)11/h1-4,12H,5H2,(H,13,14). The van der Waals surface area contributed by atoms with Gasteiger partial charge in [-0.2, -0.15) is 0 Å². The van der Waals surface area contributed by atoms with Gasteiger partial charge in [-0.1, -0.05) is 6.07 Å². The van der Waals surface area contributed by atoms with Crippen LogP contribution in [0, 0.1) is 0 Å². The summed E-state index contributed by atoms with van der Waals surface area (Å²) in [7, 11) is 0. The van der Waals surface area contributed by atoms with E-state index < -0.39 is 5.97 Å². The molecule has 5 heteroatoms. The molecule has 0 unspecified atom stereocenters. The van der Waals surface area contributed by atoms with Gasteiger partial charge in [0, 0.05) is 18.0 Å². The lowest BCUT2D eigenvalue weighted by Gasteiger charge is -1.97. The number of nitrogens with zero attached hydrogens (tertiary/aromatic N) is 2. The number of aromatic carboxylic acids is 1. The molecule has 0 amide bonds. The monoisotopic (exact) mass is 192 g/mol. The van der Waals surface area contributed by atoms with Gasteiger partial charge in [-0.15, -0.1) is 0 Å². The second kappa shape index (κ2) is 3.12. The van der Waals surface area contributed by atoms with Crippen molar-refractivity contribution in [2.75, 3.05) is 0 Å². The first-order valence-corrected chi connectivity index (χ1v) is 4.03. The number of hydrogen-bond acceptors (Lipinski definition) is 3. The molecule has 2 rings (SSSR count). The van der Waals surface area contributed by atoms with Crippen molar-refractivity contribution in [3.63, 3.8) is 0 Å². The zero-order valence-corrected chi connectivity index (χ0v) is 7.21. The second-order valence-electron chi connectivity index (χ2n) is 2.85. The van der Waals surface area contributed by atoms with Gasteiger partial charge in [0.25, 0.3) is 0 Å². The fourth-order valence-electron chi connectivity index (χ4n) is 1.30. The molecular formula is C9H8N2O3. The van der Waals surface area contributed by atoms with Gasteiger partial charge in [-0.3, -0.25) is 0 Å². The molecule has 0 aliphatic carbocycles. The number of aromatic nitrogens is 2. The van der Waals surface area contributed by atoms with Gasteiger partial charge < -0.3 is 14.6 Å². The number of imidazole rings is 1. The van der Waals surface area contributed by atoms with Gasteiger partial charge in [-0.25, -0.2) is 9.78 Å². The molecule has 0 fully saturated rings. The molecular weight excluding hydrogens is 184 g/mol. The Balaban J connectivity index is 2.70. The molecule has 2 N–H and O–H groups in total. The molecule has 0 radical (unpaired) electrons. The van der Waals surface area contributed by atoms with E-state index in [1.807, 2.05) is 0 Å². The number of pyridine rings is 1. The molecule has 14 heavy (non-hydrogen) atoms. The highest BCUT2D eigenvalue weighted by atomic mass is 16.4. The third-order valence-electron chi connectivity index (χ3n) is 1.95. The van der Waals surface area contributed by atoms with E-state index in [4.69, 9.17) is 10.2 Å². The normalized spacial score (nSPS) is 10.6. The number of aliphatic hydroxyl groups is 1. The maximum absolute atomic E-state index is 10.6. The summed E-state index contributed by atoms with van der Waals surface area (Å²) in [4.78, 5) is 14.5. The van der Waals surface area contributed by atoms with E-state index in [0.29, 0.717) is 11.2 Å². The van der Waals surface area contributed by atoms with Crippen LogP contribution < -0.4 is 0 Å². The van der Waals surface area contributed by atoms with Crippen LogP contribution in [0.15, 0.2) is 24.5 Å². The molecule has 0 atom stereocenters. The molecule has 5 nitrogen and oxygen atoms in total. The van der Waals surface area contributed by atoms with Gasteiger partial charge in [0.15, 0.2) is 5.69 Å². The Hall–Kier alpha value is -1.88. The van der Waals surface area contributed by atoms with Crippen LogP contribution in [0.4, 0.5) is 0 Å². The summed E-state index contributed by atoms with van der Waals surface area (Å²) < 4.78 is 1.58. The Labute approximate surface area is 79.2 Å². The zero-order chi connectivity index (χ0) is 10.1. The SMILES string of the molecule is O=C(O)c1cn2cccc(CO)c2n1. The maximum atomic E-state index is 10.6. The second-order valence-corrected chi connectivity index (χ2v) is 2.85. The van der Waals surface area contributed by atoms with E-state index >= 15 is 0 Å². The fourth-order valence-corrected chi connectivity index (χ4v) is 1.30. The molecule has 0 saturated heterocycles. The Morgan fingerprint density at radius 1 is 1.57 bits per heavy atom. The number of fused-ring (bicyclic) bond motifs is 1. The molecule has 2 aromatic heterocycles. The molecule has 2 aromatic rings. The van der Waals surface area contributed by atoms with Crippen molar-refractivity contribution in [1.29, 1.82) is 0 Å². The van der Waals surface area contributed by atoms with Crippen molar-refractivity contribution in [2.45, 2.75) is 6.61 Å². The smallest absolute Gasteiger partial charge is 0.356 e. The van der Waals surface area contributed by atoms with Crippen LogP contribution in [0.2, 0.25) is 0 Å². The van der Waals surface area contributed by atoms with Crippen LogP contribution in [-0.4, -0.2) is 25.6 Å². The molecule has 0 bridgehead atoms. The average molecular weight is 192 g/mol. The Morgan fingerprint density at radius 2 is 2.36 bits per heavy atom. The first-order chi connectivity index (χ1) is 6.72. The number of carboxylic acid groups (broad SMARTS) is 1. The van der Waals surface area contributed by atoms with E-state index in [1.54, 1.807) is 22.7 Å². The van der Waals surface area contributed by atoms with E-state index in [0.717, 1.165) is 0 Å². The van der Waals surface area contributed by atoms with Crippen LogP contribution >= 0.6 is 0 Å². The first-order valence-electron chi connectivity index (χ1n) is 4.03. The largest absolute Gasteiger partial charge is 0.476 e. The number of carboxylic acids is 1. The number of rotatable bonds is 2. The van der Waals surface area contributed by atoms with Gasteiger partial charge >= 0.3 is 5.97 Å². The lowest BCUT2D eigenvalue weighted by molar-refractivity contribution is 0.0691. The lowest BCUT2D eigenvalue weighted by atomic mass is 10.3. The van der Waals surface area contributed by atoms with Crippen LogP contribution in [0.3, 0.4) is 0 Å². The summed E-state index contributed by atoms with van der Waals surface area (Å²) in [5.41, 5.74) is 1.07. The summed E-state index contributed by atoms with van der Waals surface area (Å²) in [5, 5.41) is 17.7. The van der Waals surface area contributed by atoms with Gasteiger partial charge in [-0.05, 0) is 6.07 Å². The molecule has 0 aliphatic rings. The van der Waals surface area contributed by atoms with Crippen molar-refractivity contribution >= 4 is 11.6 Å². The van der Waals surface area contributed by atoms with Crippen molar-refractivity contribution < 1.29 is 15.0 Å². The van der Waals surface area contributed by atoms with Crippen LogP contribution in [0.1, 0.15) is 16.1 Å². The van der Waals surface area contributed by atoms with Crippen molar-refractivity contribution in [1.82, 2.24) is 9.38 Å². The highest BCUT2D eigenvalue weighted by molar-refractivity contribution is 5.86. The quantitative estimate of drug-likeness (QED) is 0.727. The van der Waals surface area contributed by atoms with Crippen LogP contribution in [0.25, 0.3) is 5.65 Å². The summed E-state index contributed by atoms with van der Waals surface area (Å²) in [6, 6.07) is 3.43. The predicted octanol–water partition coefficient (Wildman–Crippen LogP) is 0.525. The summed E-state index contributed by atoms with van der Waals surface area (Å²) >= 11 is 0. The van der Waals surface area contributed by atoms with Gasteiger partial charge in [0.2, 0.25) is 0 Å². The first kappa shape index (κ1) is 8.71. The van der Waals surface area contributed by atoms with Crippen LogP contribution in [-0.2, 0) is 6.61 Å². The minimum Gasteiger partial charge on any atom is -0.476 e. The minimum absolute atomic E-state index is 0.0223. The number of aliphatic hydroxyl groups excluding tert-OH is 1. The Morgan fingerprint density at radius 3 is 3.00 bits per heavy atom. The van der Waals surface area contributed by atoms with E-state index in [2.05, 4.69) is 4.98 Å². The van der Waals surface area contributed by atoms with Crippen molar-refractivity contribution in [2.24, 2.45) is 0 Å². The number of hydrogen-bond donors (Lipinski definition) is 2. The van der Waals surface area contributed by atoms with E-state index in [9.17, 15) is 4.79 Å². The summed E-state index contributed by atoms with van der Waals surface area (Å²) in [6.45, 7) is -0.152. The van der Waals surface area contributed by atoms with E-state index in [1.165, 1.54) is 6.20 Å². The Bertz CT molecular complexity index is 490. The highest BCUT2D eigenvalue weighted by Crippen LogP contribution is 2.10. The molecule has 0 spiro atoms. The third-order valence-corrected chi connectivity index (χ3v) is 1.95. The lowest BCUT2D eigenvalue weighted by Crippen LogP contribution is -1.95. The van der Waals surface area contributed by atoms with E-state index in [-0.39, 0.29) is 12.3 Å². The summed E-state index contributed by atoms with van der Waals surface area (Å²) in [6.07, 6.45) is 3.10. The third kappa shape index (κ3) is 1.23. The average Bonchev–Trinajstić information content (AvgIpc) is 2.60. The maximum Gasteiger partial charge on any atom is 0.356 e. The minimum atomic E-state index is -1.07. The van der Waals surface area contributed by atoms with Gasteiger partial charge in [0.1, 0.15) is 5.65 Å². The summed E-state index contributed by atoms with van der Waals surface area (Å²) in [5.74, 6) is -1.07. The molecule has 0 saturated carbocycles. The molecule has 2 heterocycles. The topological polar surface area (TPSA) is 74.8 Å². The van der Waals surface area contributed by atoms with Crippen LogP contribution in [0.5, 0.6) is 0 Å². The van der Waals surface area contributed by atoms with Gasteiger partial charge in [0.05, 0.1) is 6.61 Å². The van der Waals surface area contributed by atoms with Crippen molar-refractivity contribution in [3.05, 3.63) is 35.8 Å². The Kier molecular flexibility index (Phi) is 1.94. The number of carbonyl (C=O) groups is 1. The molecule has 0 aliphatic heterocycles. The van der Waals surface area contributed by atoms with Crippen molar-refractivity contribution in [3.8, 4) is 0 Å². The molecule has 72 valence electrons.